The molecule has 12 heavy (non-hydrogen) atoms. The Labute approximate surface area is 75.4 Å². The van der Waals surface area contributed by atoms with Gasteiger partial charge in [-0.1, -0.05) is 6.07 Å². The lowest BCUT2D eigenvalue weighted by atomic mass is 10.2. The maximum Gasteiger partial charge on any atom is 0.0343 e. The van der Waals surface area contributed by atoms with Gasteiger partial charge in [-0.3, -0.25) is 4.99 Å². The number of thiophene rings is 1. The van der Waals surface area contributed by atoms with Gasteiger partial charge in [0.25, 0.3) is 0 Å². The molecule has 0 amide bonds. The molecule has 0 N–H and O–H groups in total. The number of benzene rings is 1. The van der Waals surface area contributed by atoms with E-state index in [0.29, 0.717) is 0 Å². The first-order chi connectivity index (χ1) is 5.90. The van der Waals surface area contributed by atoms with E-state index in [4.69, 9.17) is 0 Å². The first kappa shape index (κ1) is 7.50. The van der Waals surface area contributed by atoms with Crippen LogP contribution in [0.25, 0.3) is 10.1 Å². The molecule has 60 valence electrons. The summed E-state index contributed by atoms with van der Waals surface area (Å²) in [5, 5.41) is 3.41. The number of fused-ring (bicyclic) bond motifs is 1. The summed E-state index contributed by atoms with van der Waals surface area (Å²) in [6, 6.07) is 8.51. The van der Waals surface area contributed by atoms with Crippen LogP contribution in [-0.2, 0) is 0 Å². The van der Waals surface area contributed by atoms with Crippen LogP contribution in [0.15, 0.2) is 34.6 Å². The molecule has 1 aromatic carbocycles. The highest BCUT2D eigenvalue weighted by Gasteiger charge is 1.94. The van der Waals surface area contributed by atoms with Crippen molar-refractivity contribution in [2.45, 2.75) is 0 Å². The monoisotopic (exact) mass is 175 g/mol. The second kappa shape index (κ2) is 3.07. The minimum absolute atomic E-state index is 1.17. The van der Waals surface area contributed by atoms with E-state index in [0.717, 1.165) is 0 Å². The SMILES string of the molecule is CN=Cc1ccc2sccc2c1. The van der Waals surface area contributed by atoms with Gasteiger partial charge in [0.05, 0.1) is 0 Å². The van der Waals surface area contributed by atoms with Gasteiger partial charge in [0.1, 0.15) is 0 Å². The molecule has 2 aromatic rings. The smallest absolute Gasteiger partial charge is 0.0343 e. The van der Waals surface area contributed by atoms with Crippen LogP contribution in [0.2, 0.25) is 0 Å². The van der Waals surface area contributed by atoms with E-state index in [1.807, 2.05) is 6.21 Å². The van der Waals surface area contributed by atoms with E-state index in [9.17, 15) is 0 Å². The van der Waals surface area contributed by atoms with Gasteiger partial charge >= 0.3 is 0 Å². The van der Waals surface area contributed by atoms with Crippen molar-refractivity contribution in [2.24, 2.45) is 4.99 Å². The molecular formula is C10H9NS. The topological polar surface area (TPSA) is 12.4 Å². The minimum Gasteiger partial charge on any atom is -0.296 e. The summed E-state index contributed by atoms with van der Waals surface area (Å²) < 4.78 is 1.34. The van der Waals surface area contributed by atoms with Crippen LogP contribution in [0.4, 0.5) is 0 Å². The largest absolute Gasteiger partial charge is 0.296 e. The van der Waals surface area contributed by atoms with Gasteiger partial charge < -0.3 is 0 Å². The van der Waals surface area contributed by atoms with E-state index in [1.54, 1.807) is 18.4 Å². The molecule has 2 heteroatoms. The molecule has 2 rings (SSSR count). The van der Waals surface area contributed by atoms with Gasteiger partial charge in [0, 0.05) is 18.0 Å². The number of rotatable bonds is 1. The Morgan fingerprint density at radius 1 is 1.33 bits per heavy atom. The van der Waals surface area contributed by atoms with E-state index in [1.165, 1.54) is 15.6 Å². The predicted molar refractivity (Wildman–Crippen MR) is 55.3 cm³/mol. The Balaban J connectivity index is 2.60. The van der Waals surface area contributed by atoms with Crippen molar-refractivity contribution in [1.82, 2.24) is 0 Å². The molecule has 0 saturated carbocycles. The van der Waals surface area contributed by atoms with Crippen molar-refractivity contribution in [2.75, 3.05) is 7.05 Å². The Bertz CT molecular complexity index is 414. The van der Waals surface area contributed by atoms with Gasteiger partial charge in [0.2, 0.25) is 0 Å². The average Bonchev–Trinajstić information content (AvgIpc) is 2.51. The second-order valence-corrected chi connectivity index (χ2v) is 3.55. The van der Waals surface area contributed by atoms with Crippen molar-refractivity contribution >= 4 is 27.6 Å². The van der Waals surface area contributed by atoms with E-state index in [2.05, 4.69) is 34.6 Å². The molecule has 1 aromatic heterocycles. The maximum absolute atomic E-state index is 3.98. The van der Waals surface area contributed by atoms with Crippen LogP contribution in [0.5, 0.6) is 0 Å². The summed E-state index contributed by atoms with van der Waals surface area (Å²) >= 11 is 1.77. The van der Waals surface area contributed by atoms with E-state index in [-0.39, 0.29) is 0 Å². The third-order valence-corrected chi connectivity index (χ3v) is 2.65. The summed E-state index contributed by atoms with van der Waals surface area (Å²) in [4.78, 5) is 3.98. The fourth-order valence-corrected chi connectivity index (χ4v) is 1.99. The van der Waals surface area contributed by atoms with E-state index < -0.39 is 0 Å². The molecule has 0 atom stereocenters. The lowest BCUT2D eigenvalue weighted by Gasteiger charge is -1.91. The van der Waals surface area contributed by atoms with Crippen LogP contribution in [0.1, 0.15) is 5.56 Å². The summed E-state index contributed by atoms with van der Waals surface area (Å²) in [7, 11) is 1.79. The number of nitrogens with zero attached hydrogens (tertiary/aromatic N) is 1. The molecule has 0 fully saturated rings. The molecule has 0 spiro atoms. The van der Waals surface area contributed by atoms with Crippen LogP contribution in [-0.4, -0.2) is 13.3 Å². The first-order valence-electron chi connectivity index (χ1n) is 3.79. The van der Waals surface area contributed by atoms with Crippen molar-refractivity contribution < 1.29 is 0 Å². The molecule has 0 radical (unpaired) electrons. The van der Waals surface area contributed by atoms with Crippen molar-refractivity contribution in [3.05, 3.63) is 35.2 Å². The molecule has 0 aliphatic rings. The molecule has 0 unspecified atom stereocenters. The third kappa shape index (κ3) is 1.25. The quantitative estimate of drug-likeness (QED) is 0.591. The highest BCUT2D eigenvalue weighted by atomic mass is 32.1. The first-order valence-corrected chi connectivity index (χ1v) is 4.67. The Morgan fingerprint density at radius 2 is 2.25 bits per heavy atom. The summed E-state index contributed by atoms with van der Waals surface area (Å²) in [6.07, 6.45) is 1.87. The van der Waals surface area contributed by atoms with Crippen LogP contribution < -0.4 is 0 Å². The number of aliphatic imine (C=N–C) groups is 1. The van der Waals surface area contributed by atoms with Gasteiger partial charge in [0.15, 0.2) is 0 Å². The highest BCUT2D eigenvalue weighted by molar-refractivity contribution is 7.17. The Hall–Kier alpha value is -1.15. The van der Waals surface area contributed by atoms with Gasteiger partial charge in [-0.25, -0.2) is 0 Å². The zero-order chi connectivity index (χ0) is 8.39. The second-order valence-electron chi connectivity index (χ2n) is 2.61. The summed E-state index contributed by atoms with van der Waals surface area (Å²) in [5.41, 5.74) is 1.17. The molecule has 0 aliphatic carbocycles. The number of hydrogen-bond acceptors (Lipinski definition) is 2. The predicted octanol–water partition coefficient (Wildman–Crippen LogP) is 2.95. The summed E-state index contributed by atoms with van der Waals surface area (Å²) in [5.74, 6) is 0. The van der Waals surface area contributed by atoms with Crippen molar-refractivity contribution in [3.63, 3.8) is 0 Å². The molecule has 0 bridgehead atoms. The fraction of sp³-hybridized carbons (Fsp3) is 0.100. The van der Waals surface area contributed by atoms with Crippen LogP contribution in [0, 0.1) is 0 Å². The maximum atomic E-state index is 3.98. The normalized spacial score (nSPS) is 11.4. The van der Waals surface area contributed by atoms with Crippen molar-refractivity contribution in [3.8, 4) is 0 Å². The lowest BCUT2D eigenvalue weighted by molar-refractivity contribution is 1.46. The molecule has 0 saturated heterocycles. The minimum atomic E-state index is 1.17. The Kier molecular flexibility index (Phi) is 1.92. The zero-order valence-electron chi connectivity index (χ0n) is 6.82. The van der Waals surface area contributed by atoms with Crippen molar-refractivity contribution in [1.29, 1.82) is 0 Å². The number of hydrogen-bond donors (Lipinski definition) is 0. The molecule has 1 heterocycles. The average molecular weight is 175 g/mol. The van der Waals surface area contributed by atoms with Crippen LogP contribution in [0.3, 0.4) is 0 Å². The van der Waals surface area contributed by atoms with Gasteiger partial charge in [-0.15, -0.1) is 11.3 Å². The lowest BCUT2D eigenvalue weighted by Crippen LogP contribution is -1.77. The zero-order valence-corrected chi connectivity index (χ0v) is 7.64. The van der Waals surface area contributed by atoms with Gasteiger partial charge in [-0.05, 0) is 34.5 Å². The molecule has 0 aliphatic heterocycles. The third-order valence-electron chi connectivity index (χ3n) is 1.75. The molecule has 1 nitrogen and oxygen atoms in total. The standard InChI is InChI=1S/C10H9NS/c1-11-7-8-2-3-10-9(6-8)4-5-12-10/h2-7H,1H3. The summed E-state index contributed by atoms with van der Waals surface area (Å²) in [6.45, 7) is 0. The van der Waals surface area contributed by atoms with Crippen LogP contribution >= 0.6 is 11.3 Å². The fourth-order valence-electron chi connectivity index (χ4n) is 1.21. The van der Waals surface area contributed by atoms with Gasteiger partial charge in [-0.2, -0.15) is 0 Å². The molecular weight excluding hydrogens is 166 g/mol. The Morgan fingerprint density at radius 3 is 3.08 bits per heavy atom. The van der Waals surface area contributed by atoms with E-state index >= 15 is 0 Å². The highest BCUT2D eigenvalue weighted by Crippen LogP contribution is 2.20.